The standard InChI is InChI=1S/C22H23F3N2O6S/c1-13-10-16(28)19(31)20(32-13)21(6-8-34-9-7-21)11-17(29)26-12-18(30)27-14-2-4-15(5-3-14)33-22(23,24)25/h2-5,10,31H,6-9,11-12H2,1H3,(H,26,29)(H,27,30). The lowest BCUT2D eigenvalue weighted by Gasteiger charge is -2.35. The zero-order valence-electron chi connectivity index (χ0n) is 18.2. The van der Waals surface area contributed by atoms with E-state index in [1.54, 1.807) is 18.7 Å². The van der Waals surface area contributed by atoms with Crippen molar-refractivity contribution < 1.29 is 37.0 Å². The fourth-order valence-corrected chi connectivity index (χ4v) is 4.98. The van der Waals surface area contributed by atoms with Gasteiger partial charge < -0.3 is 24.9 Å². The van der Waals surface area contributed by atoms with E-state index in [2.05, 4.69) is 15.4 Å². The van der Waals surface area contributed by atoms with Crippen molar-refractivity contribution in [2.24, 2.45) is 0 Å². The second-order valence-corrected chi connectivity index (χ2v) is 9.09. The summed E-state index contributed by atoms with van der Waals surface area (Å²) in [5.41, 5.74) is -1.24. The van der Waals surface area contributed by atoms with Crippen LogP contribution in [0.15, 0.2) is 39.5 Å². The maximum atomic E-state index is 12.7. The van der Waals surface area contributed by atoms with Crippen molar-refractivity contribution in [1.82, 2.24) is 5.32 Å². The van der Waals surface area contributed by atoms with Crippen molar-refractivity contribution in [2.45, 2.75) is 38.0 Å². The molecule has 0 unspecified atom stereocenters. The molecule has 1 aromatic heterocycles. The van der Waals surface area contributed by atoms with Crippen molar-refractivity contribution >= 4 is 29.3 Å². The van der Waals surface area contributed by atoms with Crippen LogP contribution in [0.4, 0.5) is 18.9 Å². The lowest BCUT2D eigenvalue weighted by Crippen LogP contribution is -2.40. The average molecular weight is 500 g/mol. The zero-order valence-corrected chi connectivity index (χ0v) is 19.0. The van der Waals surface area contributed by atoms with Crippen molar-refractivity contribution in [3.8, 4) is 11.5 Å². The molecule has 3 rings (SSSR count). The summed E-state index contributed by atoms with van der Waals surface area (Å²) in [6.07, 6.45) is -3.90. The van der Waals surface area contributed by atoms with Crippen LogP contribution in [0, 0.1) is 6.92 Å². The first-order valence-electron chi connectivity index (χ1n) is 10.3. The lowest BCUT2D eigenvalue weighted by atomic mass is 9.75. The molecule has 0 aliphatic carbocycles. The maximum absolute atomic E-state index is 12.7. The first-order chi connectivity index (χ1) is 16.0. The molecule has 184 valence electrons. The van der Waals surface area contributed by atoms with Crippen molar-refractivity contribution in [2.75, 3.05) is 23.4 Å². The summed E-state index contributed by atoms with van der Waals surface area (Å²) in [7, 11) is 0. The molecule has 1 saturated heterocycles. The van der Waals surface area contributed by atoms with E-state index in [1.165, 1.54) is 18.2 Å². The highest BCUT2D eigenvalue weighted by Gasteiger charge is 2.41. The van der Waals surface area contributed by atoms with E-state index < -0.39 is 40.5 Å². The zero-order chi connectivity index (χ0) is 24.9. The Balaban J connectivity index is 1.61. The van der Waals surface area contributed by atoms with Gasteiger partial charge in [0.05, 0.1) is 6.54 Å². The molecule has 0 saturated carbocycles. The van der Waals surface area contributed by atoms with E-state index >= 15 is 0 Å². The molecule has 12 heteroatoms. The number of halogens is 3. The normalized spacial score (nSPS) is 15.4. The first-order valence-corrected chi connectivity index (χ1v) is 11.5. The Bertz CT molecular complexity index is 1100. The van der Waals surface area contributed by atoms with Gasteiger partial charge in [-0.25, -0.2) is 0 Å². The van der Waals surface area contributed by atoms with Gasteiger partial charge in [-0.15, -0.1) is 13.2 Å². The number of thioether (sulfide) groups is 1. The molecule has 1 fully saturated rings. The molecule has 2 amide bonds. The Morgan fingerprint density at radius 2 is 1.82 bits per heavy atom. The van der Waals surface area contributed by atoms with Crippen LogP contribution < -0.4 is 20.8 Å². The number of hydrogen-bond donors (Lipinski definition) is 3. The molecule has 0 spiro atoms. The van der Waals surface area contributed by atoms with Crippen molar-refractivity contribution in [3.63, 3.8) is 0 Å². The molecule has 2 aromatic rings. The molecule has 0 bridgehead atoms. The molecular weight excluding hydrogens is 477 g/mol. The number of aryl methyl sites for hydroxylation is 1. The highest BCUT2D eigenvalue weighted by Crippen LogP contribution is 2.44. The van der Waals surface area contributed by atoms with Gasteiger partial charge in [0, 0.05) is 23.6 Å². The number of aromatic hydroxyl groups is 1. The summed E-state index contributed by atoms with van der Waals surface area (Å²) >= 11 is 1.69. The van der Waals surface area contributed by atoms with E-state index in [9.17, 15) is 32.7 Å². The summed E-state index contributed by atoms with van der Waals surface area (Å²) in [6, 6.07) is 5.75. The van der Waals surface area contributed by atoms with Gasteiger partial charge in [0.1, 0.15) is 11.5 Å². The van der Waals surface area contributed by atoms with Crippen LogP contribution in [0.25, 0.3) is 0 Å². The van der Waals surface area contributed by atoms with Gasteiger partial charge in [0.25, 0.3) is 0 Å². The van der Waals surface area contributed by atoms with Gasteiger partial charge >= 0.3 is 6.36 Å². The highest BCUT2D eigenvalue weighted by atomic mass is 32.2. The third-order valence-electron chi connectivity index (χ3n) is 5.29. The van der Waals surface area contributed by atoms with E-state index in [0.717, 1.165) is 12.1 Å². The number of carbonyl (C=O) groups is 2. The summed E-state index contributed by atoms with van der Waals surface area (Å²) in [6.45, 7) is 1.20. The molecule has 1 aliphatic rings. The minimum Gasteiger partial charge on any atom is -0.502 e. The van der Waals surface area contributed by atoms with Crippen LogP contribution in [0.5, 0.6) is 11.5 Å². The predicted octanol–water partition coefficient (Wildman–Crippen LogP) is 3.46. The molecule has 2 heterocycles. The number of carbonyl (C=O) groups excluding carboxylic acids is 2. The van der Waals surface area contributed by atoms with Crippen LogP contribution >= 0.6 is 11.8 Å². The van der Waals surface area contributed by atoms with Gasteiger partial charge in [-0.1, -0.05) is 0 Å². The third kappa shape index (κ3) is 6.69. The molecule has 0 atom stereocenters. The number of amides is 2. The molecular formula is C22H23F3N2O6S. The SMILES string of the molecule is Cc1cc(=O)c(O)c(C2(CC(=O)NCC(=O)Nc3ccc(OC(F)(F)F)cc3)CCSCC2)o1. The number of anilines is 1. The fourth-order valence-electron chi connectivity index (χ4n) is 3.70. The largest absolute Gasteiger partial charge is 0.573 e. The lowest BCUT2D eigenvalue weighted by molar-refractivity contribution is -0.274. The molecule has 0 radical (unpaired) electrons. The summed E-state index contributed by atoms with van der Waals surface area (Å²) in [4.78, 5) is 36.9. The van der Waals surface area contributed by atoms with Crippen molar-refractivity contribution in [1.29, 1.82) is 0 Å². The van der Waals surface area contributed by atoms with Crippen LogP contribution in [0.2, 0.25) is 0 Å². The van der Waals surface area contributed by atoms with Crippen LogP contribution in [0.3, 0.4) is 0 Å². The predicted molar refractivity (Wildman–Crippen MR) is 119 cm³/mol. The molecule has 1 aliphatic heterocycles. The maximum Gasteiger partial charge on any atom is 0.573 e. The third-order valence-corrected chi connectivity index (χ3v) is 6.28. The van der Waals surface area contributed by atoms with E-state index in [4.69, 9.17) is 4.42 Å². The smallest absolute Gasteiger partial charge is 0.502 e. The van der Waals surface area contributed by atoms with E-state index in [1.807, 2.05) is 0 Å². The number of alkyl halides is 3. The highest BCUT2D eigenvalue weighted by molar-refractivity contribution is 7.99. The summed E-state index contributed by atoms with van der Waals surface area (Å²) in [5, 5.41) is 15.3. The number of rotatable bonds is 7. The number of benzene rings is 1. The second kappa shape index (κ2) is 10.4. The van der Waals surface area contributed by atoms with Gasteiger partial charge in [0.2, 0.25) is 23.0 Å². The molecule has 34 heavy (non-hydrogen) atoms. The molecule has 1 aromatic carbocycles. The molecule has 8 nitrogen and oxygen atoms in total. The van der Waals surface area contributed by atoms with Crippen LogP contribution in [-0.4, -0.2) is 41.3 Å². The second-order valence-electron chi connectivity index (χ2n) is 7.87. The monoisotopic (exact) mass is 500 g/mol. The quantitative estimate of drug-likeness (QED) is 0.533. The average Bonchev–Trinajstić information content (AvgIpc) is 2.76. The Morgan fingerprint density at radius 1 is 1.18 bits per heavy atom. The van der Waals surface area contributed by atoms with Gasteiger partial charge in [-0.05, 0) is 55.5 Å². The topological polar surface area (TPSA) is 118 Å². The Kier molecular flexibility index (Phi) is 7.80. The number of hydrogen-bond acceptors (Lipinski definition) is 7. The fraction of sp³-hybridized carbons (Fsp3) is 0.409. The van der Waals surface area contributed by atoms with Gasteiger partial charge in [0.15, 0.2) is 5.76 Å². The van der Waals surface area contributed by atoms with Crippen LogP contribution in [-0.2, 0) is 15.0 Å². The summed E-state index contributed by atoms with van der Waals surface area (Å²) < 4.78 is 46.1. The number of ether oxygens (including phenoxy) is 1. The Hall–Kier alpha value is -3.15. The van der Waals surface area contributed by atoms with Crippen molar-refractivity contribution in [3.05, 3.63) is 52.1 Å². The minimum atomic E-state index is -4.82. The minimum absolute atomic E-state index is 0.0820. The van der Waals surface area contributed by atoms with Gasteiger partial charge in [-0.3, -0.25) is 14.4 Å². The van der Waals surface area contributed by atoms with E-state index in [0.29, 0.717) is 30.1 Å². The van der Waals surface area contributed by atoms with Crippen LogP contribution in [0.1, 0.15) is 30.8 Å². The Labute approximate surface area is 196 Å². The number of nitrogens with one attached hydrogen (secondary N) is 2. The first kappa shape index (κ1) is 25.5. The Morgan fingerprint density at radius 3 is 2.44 bits per heavy atom. The van der Waals surface area contributed by atoms with E-state index in [-0.39, 0.29) is 24.4 Å². The van der Waals surface area contributed by atoms with Gasteiger partial charge in [-0.2, -0.15) is 11.8 Å². The molecule has 3 N–H and O–H groups in total. The summed E-state index contributed by atoms with van der Waals surface area (Å²) in [5.74, 6) is -0.185.